The molecule has 0 radical (unpaired) electrons. The molecular formula is C60H46N2Si2. The quantitative estimate of drug-likeness (QED) is 0.154. The fraction of sp³-hybridized carbons (Fsp3) is 0.0667. The second-order valence-corrected chi connectivity index (χ2v) is 27.7. The molecule has 2 aliphatic heterocycles. The van der Waals surface area contributed by atoms with E-state index in [1.807, 2.05) is 0 Å². The monoisotopic (exact) mass is 850 g/mol. The van der Waals surface area contributed by atoms with E-state index < -0.39 is 16.1 Å². The summed E-state index contributed by atoms with van der Waals surface area (Å²) in [7, 11) is -3.52. The standard InChI is InChI=1S/C60H46N2Si2/c1-63(2)57-21-13-11-19-49(57)55-37-47(27-29-59(55)63)61(43-15-7-5-8-16-43)45-25-23-39-33-51-53(35-41(39)31-45)52-34-40-24-26-46(32-42(40)36-54(51)52)62(44-17-9-6-10-18-44)48-28-30-60-56(38-48)50-20-12-14-22-58(50)64(60,3)4/h5-38H,1-4H3. The van der Waals surface area contributed by atoms with Crippen LogP contribution in [0.15, 0.2) is 206 Å². The zero-order valence-corrected chi connectivity index (χ0v) is 38.5. The Kier molecular flexibility index (Phi) is 7.95. The summed E-state index contributed by atoms with van der Waals surface area (Å²) in [4.78, 5) is 4.85. The van der Waals surface area contributed by atoms with Gasteiger partial charge in [-0.2, -0.15) is 0 Å². The van der Waals surface area contributed by atoms with Crippen LogP contribution in [0.3, 0.4) is 0 Å². The van der Waals surface area contributed by atoms with E-state index >= 15 is 0 Å². The second-order valence-electron chi connectivity index (χ2n) is 19.0. The lowest BCUT2D eigenvalue weighted by atomic mass is 9.78. The van der Waals surface area contributed by atoms with Gasteiger partial charge in [0.05, 0.1) is 0 Å². The van der Waals surface area contributed by atoms with Crippen LogP contribution in [0.1, 0.15) is 0 Å². The summed E-state index contributed by atoms with van der Waals surface area (Å²) in [6.07, 6.45) is 0. The Hall–Kier alpha value is -7.25. The van der Waals surface area contributed by atoms with Crippen LogP contribution in [0.2, 0.25) is 26.2 Å². The van der Waals surface area contributed by atoms with Gasteiger partial charge in [0.25, 0.3) is 0 Å². The number of rotatable bonds is 6. The first-order valence-electron chi connectivity index (χ1n) is 22.6. The maximum Gasteiger partial charge on any atom is 0.113 e. The van der Waals surface area contributed by atoms with Gasteiger partial charge in [-0.05, 0) is 184 Å². The third-order valence-corrected chi connectivity index (χ3v) is 21.8. The lowest BCUT2D eigenvalue weighted by Crippen LogP contribution is -2.49. The molecule has 4 heteroatoms. The minimum atomic E-state index is -1.76. The van der Waals surface area contributed by atoms with Gasteiger partial charge in [0.2, 0.25) is 0 Å². The molecule has 64 heavy (non-hydrogen) atoms. The van der Waals surface area contributed by atoms with Gasteiger partial charge in [0, 0.05) is 34.1 Å². The molecule has 0 fully saturated rings. The summed E-state index contributed by atoms with van der Waals surface area (Å²) in [6.45, 7) is 9.94. The van der Waals surface area contributed by atoms with Crippen LogP contribution in [0.25, 0.3) is 66.1 Å². The Morgan fingerprint density at radius 1 is 0.234 bits per heavy atom. The van der Waals surface area contributed by atoms with Crippen LogP contribution in [0.4, 0.5) is 34.1 Å². The molecule has 10 aromatic rings. The number of anilines is 6. The Balaban J connectivity index is 0.878. The molecule has 0 spiro atoms. The topological polar surface area (TPSA) is 6.48 Å². The van der Waals surface area contributed by atoms with Gasteiger partial charge in [-0.15, -0.1) is 0 Å². The average molecular weight is 851 g/mol. The minimum Gasteiger partial charge on any atom is -0.310 e. The first-order chi connectivity index (χ1) is 31.2. The van der Waals surface area contributed by atoms with E-state index in [-0.39, 0.29) is 0 Å². The number of fused-ring (bicyclic) bond motifs is 12. The van der Waals surface area contributed by atoms with Gasteiger partial charge in [-0.3, -0.25) is 0 Å². The molecule has 0 saturated heterocycles. The van der Waals surface area contributed by atoms with Crippen LogP contribution in [0, 0.1) is 0 Å². The summed E-state index contributed by atoms with van der Waals surface area (Å²) in [5.74, 6) is 0. The van der Waals surface area contributed by atoms with Gasteiger partial charge < -0.3 is 9.80 Å². The zero-order chi connectivity index (χ0) is 42.9. The van der Waals surface area contributed by atoms with Crippen molar-refractivity contribution >= 4 is 92.6 Å². The van der Waals surface area contributed by atoms with Gasteiger partial charge in [0.15, 0.2) is 0 Å². The largest absolute Gasteiger partial charge is 0.310 e. The summed E-state index contributed by atoms with van der Waals surface area (Å²) in [5, 5.41) is 11.1. The van der Waals surface area contributed by atoms with Crippen molar-refractivity contribution in [2.24, 2.45) is 0 Å². The Bertz CT molecular complexity index is 3320. The predicted octanol–water partition coefficient (Wildman–Crippen LogP) is 14.2. The Morgan fingerprint density at radius 3 is 0.984 bits per heavy atom. The first kappa shape index (κ1) is 37.3. The zero-order valence-electron chi connectivity index (χ0n) is 36.5. The fourth-order valence-corrected chi connectivity index (χ4v) is 17.6. The van der Waals surface area contributed by atoms with E-state index in [0.717, 1.165) is 22.7 Å². The Labute approximate surface area is 377 Å². The molecule has 304 valence electrons. The molecule has 0 amide bonds. The molecular weight excluding hydrogens is 805 g/mol. The van der Waals surface area contributed by atoms with Crippen molar-refractivity contribution in [1.29, 1.82) is 0 Å². The van der Waals surface area contributed by atoms with Crippen LogP contribution in [-0.2, 0) is 0 Å². The van der Waals surface area contributed by atoms with Gasteiger partial charge in [0.1, 0.15) is 16.1 Å². The molecule has 0 bridgehead atoms. The van der Waals surface area contributed by atoms with E-state index in [1.54, 1.807) is 0 Å². The summed E-state index contributed by atoms with van der Waals surface area (Å²) in [5.41, 5.74) is 17.9. The van der Waals surface area contributed by atoms with Crippen molar-refractivity contribution in [3.05, 3.63) is 206 Å². The SMILES string of the molecule is C[Si]1(C)c2ccccc2-c2cc(N(c3ccccc3)c3ccc4cc5c(cc4c3)-c3cc4ccc(N(c6ccccc6)c6ccc7c(c6)-c6ccccc6[Si]7(C)C)cc4cc3-5)ccc21. The highest BCUT2D eigenvalue weighted by Gasteiger charge is 2.39. The van der Waals surface area contributed by atoms with Crippen molar-refractivity contribution in [2.45, 2.75) is 26.2 Å². The number of para-hydroxylation sites is 2. The highest BCUT2D eigenvalue weighted by atomic mass is 28.3. The third-order valence-electron chi connectivity index (χ3n) is 14.7. The molecule has 2 nitrogen and oxygen atoms in total. The highest BCUT2D eigenvalue weighted by Crippen LogP contribution is 2.51. The van der Waals surface area contributed by atoms with E-state index in [9.17, 15) is 0 Å². The van der Waals surface area contributed by atoms with Crippen molar-refractivity contribution < 1.29 is 0 Å². The molecule has 10 aromatic carbocycles. The first-order valence-corrected chi connectivity index (χ1v) is 28.6. The van der Waals surface area contributed by atoms with Gasteiger partial charge in [-0.1, -0.05) is 135 Å². The van der Waals surface area contributed by atoms with Crippen molar-refractivity contribution in [3.8, 4) is 44.5 Å². The minimum absolute atomic E-state index is 1.16. The average Bonchev–Trinajstić information content (AvgIpc) is 3.70. The van der Waals surface area contributed by atoms with Gasteiger partial charge in [-0.25, -0.2) is 0 Å². The molecule has 0 N–H and O–H groups in total. The lowest BCUT2D eigenvalue weighted by Gasteiger charge is -2.29. The molecule has 0 aromatic heterocycles. The predicted molar refractivity (Wildman–Crippen MR) is 280 cm³/mol. The van der Waals surface area contributed by atoms with E-state index in [2.05, 4.69) is 242 Å². The molecule has 2 heterocycles. The molecule has 3 aliphatic rings. The van der Waals surface area contributed by atoms with E-state index in [0.29, 0.717) is 0 Å². The number of nitrogens with zero attached hydrogens (tertiary/aromatic N) is 2. The molecule has 0 unspecified atom stereocenters. The Morgan fingerprint density at radius 2 is 0.562 bits per heavy atom. The lowest BCUT2D eigenvalue weighted by molar-refractivity contribution is 1.29. The maximum absolute atomic E-state index is 2.49. The third kappa shape index (κ3) is 5.43. The van der Waals surface area contributed by atoms with Crippen molar-refractivity contribution in [1.82, 2.24) is 0 Å². The summed E-state index contributed by atoms with van der Waals surface area (Å²) >= 11 is 0. The maximum atomic E-state index is 2.49. The molecule has 0 saturated carbocycles. The van der Waals surface area contributed by atoms with E-state index in [1.165, 1.54) is 98.2 Å². The number of hydrogen-bond donors (Lipinski definition) is 0. The summed E-state index contributed by atoms with van der Waals surface area (Å²) in [6, 6.07) is 77.8. The molecule has 1 aliphatic carbocycles. The fourth-order valence-electron chi connectivity index (χ4n) is 11.4. The van der Waals surface area contributed by atoms with Gasteiger partial charge >= 0.3 is 0 Å². The van der Waals surface area contributed by atoms with Crippen LogP contribution < -0.4 is 30.5 Å². The summed E-state index contributed by atoms with van der Waals surface area (Å²) < 4.78 is 0. The number of benzene rings is 10. The van der Waals surface area contributed by atoms with Crippen LogP contribution in [0.5, 0.6) is 0 Å². The number of hydrogen-bond acceptors (Lipinski definition) is 2. The van der Waals surface area contributed by atoms with Crippen LogP contribution in [-0.4, -0.2) is 16.1 Å². The highest BCUT2D eigenvalue weighted by molar-refractivity contribution is 7.04. The van der Waals surface area contributed by atoms with Crippen LogP contribution >= 0.6 is 0 Å². The van der Waals surface area contributed by atoms with Crippen molar-refractivity contribution in [2.75, 3.05) is 9.80 Å². The molecule has 13 rings (SSSR count). The molecule has 0 atom stereocenters. The normalized spacial score (nSPS) is 14.2. The van der Waals surface area contributed by atoms with Crippen molar-refractivity contribution in [3.63, 3.8) is 0 Å². The second kappa shape index (κ2) is 13.6. The smallest absolute Gasteiger partial charge is 0.113 e. The van der Waals surface area contributed by atoms with E-state index in [4.69, 9.17) is 0 Å².